The van der Waals surface area contributed by atoms with Gasteiger partial charge in [-0.1, -0.05) is 84.0 Å². The molecule has 1 fully saturated rings. The molecule has 1 atom stereocenters. The highest BCUT2D eigenvalue weighted by atomic mass is 16.5. The van der Waals surface area contributed by atoms with Crippen LogP contribution in [-0.4, -0.2) is 57.1 Å². The summed E-state index contributed by atoms with van der Waals surface area (Å²) in [7, 11) is 0. The SMILES string of the molecule is CCCCCCCCCCCCOC(COC1CCCCC1)Cn1ccnc1.O=C(O)C(=O)O. The lowest BCUT2D eigenvalue weighted by atomic mass is 9.98. The summed E-state index contributed by atoms with van der Waals surface area (Å²) < 4.78 is 14.5. The van der Waals surface area contributed by atoms with Crippen LogP contribution in [0, 0.1) is 0 Å². The lowest BCUT2D eigenvalue weighted by molar-refractivity contribution is -0.159. The number of carboxylic acids is 2. The van der Waals surface area contributed by atoms with Crippen LogP contribution >= 0.6 is 0 Å². The summed E-state index contributed by atoms with van der Waals surface area (Å²) in [6.45, 7) is 4.68. The summed E-state index contributed by atoms with van der Waals surface area (Å²) in [4.78, 5) is 22.4. The van der Waals surface area contributed by atoms with Gasteiger partial charge in [0, 0.05) is 19.0 Å². The van der Waals surface area contributed by atoms with E-state index in [4.69, 9.17) is 29.3 Å². The van der Waals surface area contributed by atoms with Crippen LogP contribution in [0.5, 0.6) is 0 Å². The number of unbranched alkanes of at least 4 members (excludes halogenated alkanes) is 9. The number of carbonyl (C=O) groups is 2. The molecule has 1 saturated carbocycles. The number of imidazole rings is 1. The van der Waals surface area contributed by atoms with Crippen molar-refractivity contribution in [3.63, 3.8) is 0 Å². The molecule has 0 aromatic carbocycles. The Bertz CT molecular complexity index is 605. The second-order valence-electron chi connectivity index (χ2n) is 9.14. The minimum absolute atomic E-state index is 0.134. The van der Waals surface area contributed by atoms with Crippen LogP contribution in [0.4, 0.5) is 0 Å². The molecule has 1 aliphatic carbocycles. The van der Waals surface area contributed by atoms with Crippen LogP contribution in [-0.2, 0) is 25.6 Å². The van der Waals surface area contributed by atoms with Crippen molar-refractivity contribution in [2.75, 3.05) is 13.2 Å². The minimum atomic E-state index is -1.82. The van der Waals surface area contributed by atoms with Crippen molar-refractivity contribution in [1.29, 1.82) is 0 Å². The lowest BCUT2D eigenvalue weighted by Gasteiger charge is -2.25. The van der Waals surface area contributed by atoms with Gasteiger partial charge in [-0.2, -0.15) is 0 Å². The normalized spacial score (nSPS) is 14.9. The van der Waals surface area contributed by atoms with E-state index in [0.717, 1.165) is 13.2 Å². The minimum Gasteiger partial charge on any atom is -0.473 e. The number of aromatic nitrogens is 2. The highest BCUT2D eigenvalue weighted by Gasteiger charge is 2.17. The van der Waals surface area contributed by atoms with Crippen molar-refractivity contribution >= 4 is 11.9 Å². The summed E-state index contributed by atoms with van der Waals surface area (Å²) in [5, 5.41) is 14.8. The molecule has 0 radical (unpaired) electrons. The van der Waals surface area contributed by atoms with Crippen LogP contribution in [0.1, 0.15) is 103 Å². The molecule has 1 aliphatic rings. The van der Waals surface area contributed by atoms with Crippen LogP contribution in [0.3, 0.4) is 0 Å². The molecule has 2 rings (SSSR count). The average molecular weight is 483 g/mol. The van der Waals surface area contributed by atoms with Gasteiger partial charge in [0.2, 0.25) is 0 Å². The summed E-state index contributed by atoms with van der Waals surface area (Å²) in [6.07, 6.45) is 26.3. The molecule has 0 saturated heterocycles. The summed E-state index contributed by atoms with van der Waals surface area (Å²) in [5.41, 5.74) is 0. The van der Waals surface area contributed by atoms with E-state index in [-0.39, 0.29) is 6.10 Å². The second-order valence-corrected chi connectivity index (χ2v) is 9.14. The first-order valence-corrected chi connectivity index (χ1v) is 13.2. The molecule has 34 heavy (non-hydrogen) atoms. The molecule has 1 heterocycles. The quantitative estimate of drug-likeness (QED) is 0.217. The molecule has 1 aromatic heterocycles. The highest BCUT2D eigenvalue weighted by Crippen LogP contribution is 2.21. The molecule has 0 aliphatic heterocycles. The van der Waals surface area contributed by atoms with Gasteiger partial charge in [0.25, 0.3) is 0 Å². The van der Waals surface area contributed by atoms with Crippen LogP contribution < -0.4 is 0 Å². The molecular weight excluding hydrogens is 436 g/mol. The Morgan fingerprint density at radius 3 is 2.06 bits per heavy atom. The summed E-state index contributed by atoms with van der Waals surface area (Å²) in [5.74, 6) is -3.65. The van der Waals surface area contributed by atoms with E-state index < -0.39 is 11.9 Å². The molecule has 8 nitrogen and oxygen atoms in total. The third kappa shape index (κ3) is 16.6. The topological polar surface area (TPSA) is 111 Å². The van der Waals surface area contributed by atoms with Gasteiger partial charge in [0.05, 0.1) is 31.7 Å². The fourth-order valence-corrected chi connectivity index (χ4v) is 4.10. The average Bonchev–Trinajstić information content (AvgIpc) is 3.35. The summed E-state index contributed by atoms with van der Waals surface area (Å²) >= 11 is 0. The molecule has 0 amide bonds. The Hall–Kier alpha value is -1.93. The van der Waals surface area contributed by atoms with Gasteiger partial charge < -0.3 is 24.3 Å². The maximum Gasteiger partial charge on any atom is 0.414 e. The van der Waals surface area contributed by atoms with E-state index in [1.165, 1.54) is 96.3 Å². The number of hydrogen-bond donors (Lipinski definition) is 2. The van der Waals surface area contributed by atoms with Crippen molar-refractivity contribution in [2.24, 2.45) is 0 Å². The molecule has 0 spiro atoms. The molecule has 8 heteroatoms. The van der Waals surface area contributed by atoms with E-state index in [2.05, 4.69) is 16.5 Å². The fourth-order valence-electron chi connectivity index (χ4n) is 4.10. The van der Waals surface area contributed by atoms with E-state index in [9.17, 15) is 0 Å². The zero-order chi connectivity index (χ0) is 24.9. The predicted molar refractivity (Wildman–Crippen MR) is 132 cm³/mol. The maximum atomic E-state index is 9.10. The molecule has 1 unspecified atom stereocenters. The Kier molecular flexibility index (Phi) is 18.1. The van der Waals surface area contributed by atoms with Gasteiger partial charge in [-0.3, -0.25) is 0 Å². The Balaban J connectivity index is 0.000000852. The number of rotatable bonds is 17. The van der Waals surface area contributed by atoms with Crippen LogP contribution in [0.2, 0.25) is 0 Å². The van der Waals surface area contributed by atoms with Gasteiger partial charge in [0.1, 0.15) is 0 Å². The molecular formula is C26H46N2O6. The number of nitrogens with zero attached hydrogens (tertiary/aromatic N) is 2. The number of carboxylic acid groups (broad SMARTS) is 2. The van der Waals surface area contributed by atoms with E-state index in [0.29, 0.717) is 12.7 Å². The Morgan fingerprint density at radius 2 is 1.53 bits per heavy atom. The van der Waals surface area contributed by atoms with E-state index in [1.807, 2.05) is 18.7 Å². The van der Waals surface area contributed by atoms with Crippen molar-refractivity contribution in [3.05, 3.63) is 18.7 Å². The molecule has 196 valence electrons. The van der Waals surface area contributed by atoms with Crippen molar-refractivity contribution in [2.45, 2.75) is 122 Å². The smallest absolute Gasteiger partial charge is 0.414 e. The fraction of sp³-hybridized carbons (Fsp3) is 0.808. The van der Waals surface area contributed by atoms with E-state index >= 15 is 0 Å². The third-order valence-corrected chi connectivity index (χ3v) is 6.08. The second kappa shape index (κ2) is 20.4. The first-order chi connectivity index (χ1) is 16.5. The largest absolute Gasteiger partial charge is 0.473 e. The van der Waals surface area contributed by atoms with Gasteiger partial charge in [-0.25, -0.2) is 14.6 Å². The van der Waals surface area contributed by atoms with Crippen molar-refractivity contribution in [3.8, 4) is 0 Å². The maximum absolute atomic E-state index is 9.10. The monoisotopic (exact) mass is 482 g/mol. The standard InChI is InChI=1S/C24H44N2O2.C2H2O4/c1-2-3-4-5-6-7-8-9-10-14-19-27-24(20-26-18-17-25-22-26)21-28-23-15-12-11-13-16-23;3-1(4)2(5)6/h17-18,22-24H,2-16,19-21H2,1H3;(H,3,4)(H,5,6). The Labute approximate surface area is 205 Å². The van der Waals surface area contributed by atoms with Gasteiger partial charge in [-0.05, 0) is 19.3 Å². The molecule has 1 aromatic rings. The van der Waals surface area contributed by atoms with E-state index in [1.54, 1.807) is 0 Å². The summed E-state index contributed by atoms with van der Waals surface area (Å²) in [6, 6.07) is 0. The molecule has 2 N–H and O–H groups in total. The number of aliphatic carboxylic acids is 2. The van der Waals surface area contributed by atoms with Crippen molar-refractivity contribution in [1.82, 2.24) is 9.55 Å². The first-order valence-electron chi connectivity index (χ1n) is 13.2. The highest BCUT2D eigenvalue weighted by molar-refractivity contribution is 6.27. The van der Waals surface area contributed by atoms with Gasteiger partial charge >= 0.3 is 11.9 Å². The van der Waals surface area contributed by atoms with Crippen LogP contribution in [0.15, 0.2) is 18.7 Å². The number of hydrogen-bond acceptors (Lipinski definition) is 5. The van der Waals surface area contributed by atoms with Crippen molar-refractivity contribution < 1.29 is 29.3 Å². The lowest BCUT2D eigenvalue weighted by Crippen LogP contribution is -2.29. The predicted octanol–water partition coefficient (Wildman–Crippen LogP) is 5.69. The zero-order valence-electron chi connectivity index (χ0n) is 21.0. The van der Waals surface area contributed by atoms with Gasteiger partial charge in [0.15, 0.2) is 0 Å². The van der Waals surface area contributed by atoms with Gasteiger partial charge in [-0.15, -0.1) is 0 Å². The van der Waals surface area contributed by atoms with Crippen LogP contribution in [0.25, 0.3) is 0 Å². The number of ether oxygens (including phenoxy) is 2. The zero-order valence-corrected chi connectivity index (χ0v) is 21.0. The Morgan fingerprint density at radius 1 is 0.941 bits per heavy atom. The third-order valence-electron chi connectivity index (χ3n) is 6.08. The first kappa shape index (κ1) is 30.1. The molecule has 0 bridgehead atoms.